The van der Waals surface area contributed by atoms with Gasteiger partial charge in [-0.25, -0.2) is 8.42 Å². The molecule has 532 valence electrons. The van der Waals surface area contributed by atoms with Crippen LogP contribution in [0.3, 0.4) is 0 Å². The van der Waals surface area contributed by atoms with Gasteiger partial charge in [0.05, 0.1) is 69.6 Å². The standard InChI is InChI=1S/C17H20O2.C14H14O2.2C8H10O2.C5H10.C4H3F5.C3H6O.C2H6O2S.C2H6O.C2H6S.CH3F.6CH4/c1-17(2,13-5-9-15(18-3)10-6-13)14-7-11-16(19-4)12-8-14;1-15-13-7-3-11(4-8-13)12-5-9-14(16-2)10-6-12;1-9-7-3-5-8(10-2)6-4-7;1-9-7-4-3-5-8(6-7)10-2;1-4-5(2)3;1-2(3(5)6)4(7,8)9;1-3(2)4;1-5(2,3)4;2*1-3-2;1-2;;;;;;/h5-12H,1-4H3;3-10H,1-2H3;2*3-6H,1-2H3;4H,1-3H3;1H3;1-2H3;1-2H3;2*1-2H3;1H3;6*1H4. The normalized spacial score (nSPS) is 8.84. The molecule has 0 bridgehead atoms. The fraction of sp³-hybridized carbons (Fsp3) is 0.431. The van der Waals surface area contributed by atoms with Crippen LogP contribution in [0.2, 0.25) is 0 Å². The molecule has 0 aliphatic carbocycles. The molecule has 0 fully saturated rings. The van der Waals surface area contributed by atoms with Gasteiger partial charge in [-0.1, -0.05) is 125 Å². The molecule has 0 atom stereocenters. The van der Waals surface area contributed by atoms with Gasteiger partial charge in [0.2, 0.25) is 0 Å². The van der Waals surface area contributed by atoms with Crippen LogP contribution in [0, 0.1) is 0 Å². The number of sulfone groups is 1. The Bertz CT molecular complexity index is 2620. The van der Waals surface area contributed by atoms with Crippen molar-refractivity contribution in [1.82, 2.24) is 0 Å². The van der Waals surface area contributed by atoms with E-state index in [0.717, 1.165) is 58.5 Å². The Balaban J connectivity index is -0.0000000918. The molecule has 6 rings (SSSR count). The summed E-state index contributed by atoms with van der Waals surface area (Å²) in [6, 6.07) is 47.4. The van der Waals surface area contributed by atoms with Crippen molar-refractivity contribution >= 4 is 27.4 Å². The summed E-state index contributed by atoms with van der Waals surface area (Å²) in [5.41, 5.74) is 4.37. The molecule has 0 aromatic heterocycles. The number of rotatable bonds is 11. The van der Waals surface area contributed by atoms with Crippen molar-refractivity contribution in [3.63, 3.8) is 0 Å². The lowest BCUT2D eigenvalue weighted by atomic mass is 9.78. The molecular formula is C72H118F6O12S2. The summed E-state index contributed by atoms with van der Waals surface area (Å²) in [6.07, 6.45) is 0.918. The first-order valence-corrected chi connectivity index (χ1v) is 29.7. The first-order valence-electron chi connectivity index (χ1n) is 25.8. The van der Waals surface area contributed by atoms with Crippen LogP contribution < -0.4 is 37.9 Å². The molecule has 12 nitrogen and oxygen atoms in total. The molecule has 0 amide bonds. The number of carbonyl (C=O) groups is 1. The van der Waals surface area contributed by atoms with Gasteiger partial charge in [-0.05, 0) is 161 Å². The summed E-state index contributed by atoms with van der Waals surface area (Å²) < 4.78 is 129. The number of carbonyl (C=O) groups excluding carboxylic acids is 1. The van der Waals surface area contributed by atoms with E-state index < -0.39 is 27.7 Å². The summed E-state index contributed by atoms with van der Waals surface area (Å²) in [6.45, 7) is 14.0. The molecule has 0 aliphatic heterocycles. The monoisotopic (exact) mass is 1350 g/mol. The minimum Gasteiger partial charge on any atom is -0.497 e. The minimum absolute atomic E-state index is 0. The third-order valence-electron chi connectivity index (χ3n) is 9.99. The zero-order valence-electron chi connectivity index (χ0n) is 54.4. The van der Waals surface area contributed by atoms with Gasteiger partial charge < -0.3 is 47.4 Å². The third-order valence-corrected chi connectivity index (χ3v) is 9.99. The molecule has 0 saturated heterocycles. The molecule has 6 aromatic rings. The number of Topliss-reactive ketones (excluding diaryl/α,β-unsaturated/α-hetero) is 1. The molecule has 6 aromatic carbocycles. The van der Waals surface area contributed by atoms with Gasteiger partial charge >= 0.3 is 6.18 Å². The Morgan fingerprint density at radius 3 is 0.750 bits per heavy atom. The van der Waals surface area contributed by atoms with Gasteiger partial charge in [0, 0.05) is 38.2 Å². The fourth-order valence-corrected chi connectivity index (χ4v) is 5.30. The summed E-state index contributed by atoms with van der Waals surface area (Å²) in [7, 11) is 14.3. The van der Waals surface area contributed by atoms with Crippen molar-refractivity contribution in [1.29, 1.82) is 0 Å². The van der Waals surface area contributed by atoms with Crippen LogP contribution in [-0.2, 0) is 24.8 Å². The van der Waals surface area contributed by atoms with Crippen molar-refractivity contribution in [2.75, 3.05) is 103 Å². The summed E-state index contributed by atoms with van der Waals surface area (Å²) in [5.74, 6) is 7.01. The molecule has 92 heavy (non-hydrogen) atoms. The number of ketones is 1. The van der Waals surface area contributed by atoms with E-state index in [-0.39, 0.29) is 55.8 Å². The first-order chi connectivity index (χ1) is 40.3. The molecule has 0 heterocycles. The van der Waals surface area contributed by atoms with Crippen molar-refractivity contribution in [2.24, 2.45) is 0 Å². The van der Waals surface area contributed by atoms with E-state index in [4.69, 9.17) is 37.9 Å². The van der Waals surface area contributed by atoms with E-state index in [0.29, 0.717) is 14.1 Å². The van der Waals surface area contributed by atoms with Gasteiger partial charge in [-0.2, -0.15) is 33.7 Å². The van der Waals surface area contributed by atoms with Gasteiger partial charge in [-0.3, -0.25) is 4.39 Å². The van der Waals surface area contributed by atoms with E-state index in [9.17, 15) is 39.6 Å². The van der Waals surface area contributed by atoms with Gasteiger partial charge in [0.1, 0.15) is 61.6 Å². The predicted molar refractivity (Wildman–Crippen MR) is 385 cm³/mol. The van der Waals surface area contributed by atoms with Crippen LogP contribution in [0.25, 0.3) is 11.1 Å². The van der Waals surface area contributed by atoms with Crippen molar-refractivity contribution in [3.8, 4) is 57.1 Å². The van der Waals surface area contributed by atoms with Crippen molar-refractivity contribution < 1.29 is 82.2 Å². The largest absolute Gasteiger partial charge is 0.497 e. The van der Waals surface area contributed by atoms with E-state index in [1.54, 1.807) is 82.9 Å². The van der Waals surface area contributed by atoms with Crippen LogP contribution in [0.5, 0.6) is 46.0 Å². The van der Waals surface area contributed by atoms with E-state index in [2.05, 4.69) is 62.8 Å². The molecule has 0 aliphatic rings. The maximum Gasteiger partial charge on any atom is 0.417 e. The predicted octanol–water partition coefficient (Wildman–Crippen LogP) is 21.4. The molecule has 0 spiro atoms. The Morgan fingerprint density at radius 1 is 0.435 bits per heavy atom. The van der Waals surface area contributed by atoms with Gasteiger partial charge in [-0.15, -0.1) is 0 Å². The number of hydrogen-bond acceptors (Lipinski definition) is 13. The summed E-state index contributed by atoms with van der Waals surface area (Å²) in [4.78, 5) is 9.44. The van der Waals surface area contributed by atoms with Crippen molar-refractivity contribution in [2.45, 2.75) is 112 Å². The lowest BCUT2D eigenvalue weighted by Crippen LogP contribution is -2.18. The number of hydrogen-bond donors (Lipinski definition) is 0. The first kappa shape index (κ1) is 109. The second-order valence-electron chi connectivity index (χ2n) is 17.9. The average molecular weight is 1350 g/mol. The van der Waals surface area contributed by atoms with Gasteiger partial charge in [0.15, 0.2) is 0 Å². The number of allylic oxidation sites excluding steroid dienone is 3. The quantitative estimate of drug-likeness (QED) is 0.0900. The maximum atomic E-state index is 11.2. The highest BCUT2D eigenvalue weighted by molar-refractivity contribution is 7.97. The van der Waals surface area contributed by atoms with Gasteiger partial charge in [0.25, 0.3) is 6.08 Å². The van der Waals surface area contributed by atoms with E-state index >= 15 is 0 Å². The van der Waals surface area contributed by atoms with E-state index in [1.165, 1.54) is 41.7 Å². The van der Waals surface area contributed by atoms with E-state index in [1.807, 2.05) is 141 Å². The number of thioether (sulfide) groups is 1. The number of benzene rings is 6. The Kier molecular flexibility index (Phi) is 77.4. The number of ether oxygens (including phenoxy) is 9. The fourth-order valence-electron chi connectivity index (χ4n) is 5.30. The molecular weight excluding hydrogens is 1230 g/mol. The van der Waals surface area contributed by atoms with Crippen LogP contribution in [0.15, 0.2) is 169 Å². The lowest BCUT2D eigenvalue weighted by Gasteiger charge is -2.26. The third kappa shape index (κ3) is 59.0. The highest BCUT2D eigenvalue weighted by Crippen LogP contribution is 2.33. The Labute approximate surface area is 558 Å². The number of alkyl halides is 4. The zero-order valence-corrected chi connectivity index (χ0v) is 56.1. The molecule has 0 radical (unpaired) electrons. The minimum atomic E-state index is -4.89. The van der Waals surface area contributed by atoms with Crippen molar-refractivity contribution in [3.05, 3.63) is 180 Å². The second-order valence-corrected chi connectivity index (χ2v) is 21.0. The second kappa shape index (κ2) is 65.2. The Hall–Kier alpha value is -7.29. The number of methoxy groups -OCH3 is 9. The summed E-state index contributed by atoms with van der Waals surface area (Å²) in [5, 5.41) is 0. The number of halogens is 6. The van der Waals surface area contributed by atoms with Crippen LogP contribution in [-0.4, -0.2) is 124 Å². The van der Waals surface area contributed by atoms with Crippen LogP contribution >= 0.6 is 11.8 Å². The molecule has 0 saturated carbocycles. The highest BCUT2D eigenvalue weighted by Gasteiger charge is 2.33. The topological polar surface area (TPSA) is 134 Å². The smallest absolute Gasteiger partial charge is 0.417 e. The van der Waals surface area contributed by atoms with Crippen LogP contribution in [0.4, 0.5) is 26.3 Å². The zero-order chi connectivity index (χ0) is 67.5. The van der Waals surface area contributed by atoms with Crippen LogP contribution in [0.1, 0.15) is 111 Å². The average Bonchev–Trinajstić information content (AvgIpc) is 0.861. The molecule has 0 N–H and O–H groups in total. The molecule has 0 unspecified atom stereocenters. The molecule has 20 heteroatoms. The maximum absolute atomic E-state index is 11.2. The highest BCUT2D eigenvalue weighted by atomic mass is 32.2. The Morgan fingerprint density at radius 2 is 0.609 bits per heavy atom. The SMILES string of the molecule is C.C.C.C.C.C.CC(=C(F)F)C(F)(F)F.CC(C)=O.CC=C(C)C.CF.COC.COc1ccc(-c2ccc(OC)cc2)cc1.COc1ccc(C(C)(C)c2ccc(OC)cc2)cc1.COc1ccc(OC)cc1.COc1cccc(OC)c1.CS(C)(=O)=O.CSC. The summed E-state index contributed by atoms with van der Waals surface area (Å²) >= 11 is 1.75. The lowest BCUT2D eigenvalue weighted by molar-refractivity contribution is -0.115.